The van der Waals surface area contributed by atoms with Crippen molar-refractivity contribution in [2.75, 3.05) is 13.6 Å². The Balaban J connectivity index is 1.51. The normalized spacial score (nSPS) is 12.8. The lowest BCUT2D eigenvalue weighted by molar-refractivity contribution is -0.129. The minimum Gasteiger partial charge on any atom is -0.508 e. The van der Waals surface area contributed by atoms with Gasteiger partial charge in [0.05, 0.1) is 23.1 Å². The van der Waals surface area contributed by atoms with Gasteiger partial charge in [0, 0.05) is 31.7 Å². The lowest BCUT2D eigenvalue weighted by Gasteiger charge is -2.20. The molecule has 0 aromatic heterocycles. The van der Waals surface area contributed by atoms with Gasteiger partial charge in [0.15, 0.2) is 0 Å². The summed E-state index contributed by atoms with van der Waals surface area (Å²) in [6.45, 7) is 5.32. The number of halogens is 2. The zero-order valence-electron chi connectivity index (χ0n) is 21.0. The van der Waals surface area contributed by atoms with Crippen LogP contribution in [0.3, 0.4) is 0 Å². The van der Waals surface area contributed by atoms with E-state index in [0.717, 1.165) is 29.7 Å². The molecule has 36 heavy (non-hydrogen) atoms. The fraction of sp³-hybridized carbons (Fsp3) is 0.345. The molecule has 3 aromatic carbocycles. The fourth-order valence-corrected chi connectivity index (χ4v) is 4.46. The number of carbonyl (C=O) groups is 1. The Hall–Kier alpha value is -2.57. The molecule has 0 saturated carbocycles. The predicted molar refractivity (Wildman–Crippen MR) is 147 cm³/mol. The first-order chi connectivity index (χ1) is 17.2. The van der Waals surface area contributed by atoms with Crippen LogP contribution in [0.1, 0.15) is 47.6 Å². The number of hydrogen-bond donors (Lipinski definition) is 3. The Morgan fingerprint density at radius 2 is 1.72 bits per heavy atom. The molecule has 0 saturated heterocycles. The van der Waals surface area contributed by atoms with Crippen molar-refractivity contribution in [2.24, 2.45) is 0 Å². The molecule has 0 bridgehead atoms. The number of nitrogens with zero attached hydrogens (tertiary/aromatic N) is 1. The summed E-state index contributed by atoms with van der Waals surface area (Å²) in [6.07, 6.45) is 1.17. The molecule has 0 spiro atoms. The topological polar surface area (TPSA) is 72.8 Å². The van der Waals surface area contributed by atoms with Crippen molar-refractivity contribution in [3.63, 3.8) is 0 Å². The first kappa shape index (κ1) is 28.0. The summed E-state index contributed by atoms with van der Waals surface area (Å²) in [5.41, 5.74) is 4.71. The molecule has 3 N–H and O–H groups in total. The third-order valence-corrected chi connectivity index (χ3v) is 7.07. The largest absolute Gasteiger partial charge is 0.508 e. The summed E-state index contributed by atoms with van der Waals surface area (Å²) < 4.78 is 0. The number of aliphatic hydroxyl groups is 1. The van der Waals surface area contributed by atoms with Crippen molar-refractivity contribution < 1.29 is 15.0 Å². The van der Waals surface area contributed by atoms with Crippen LogP contribution in [0.2, 0.25) is 10.0 Å². The lowest BCUT2D eigenvalue weighted by Crippen LogP contribution is -2.31. The van der Waals surface area contributed by atoms with E-state index in [4.69, 9.17) is 23.2 Å². The van der Waals surface area contributed by atoms with Crippen molar-refractivity contribution in [3.8, 4) is 5.75 Å². The van der Waals surface area contributed by atoms with Crippen LogP contribution in [0.25, 0.3) is 0 Å². The quantitative estimate of drug-likeness (QED) is 0.297. The van der Waals surface area contributed by atoms with Gasteiger partial charge in [-0.15, -0.1) is 0 Å². The van der Waals surface area contributed by atoms with Gasteiger partial charge in [-0.25, -0.2) is 0 Å². The average Bonchev–Trinajstić information content (AvgIpc) is 2.85. The van der Waals surface area contributed by atoms with Crippen molar-refractivity contribution in [1.82, 2.24) is 10.2 Å². The molecule has 0 fully saturated rings. The Bertz CT molecular complexity index is 1180. The van der Waals surface area contributed by atoms with Gasteiger partial charge in [0.2, 0.25) is 5.91 Å². The number of hydrogen-bond acceptors (Lipinski definition) is 4. The van der Waals surface area contributed by atoms with Gasteiger partial charge < -0.3 is 20.4 Å². The number of aromatic hydroxyl groups is 1. The van der Waals surface area contributed by atoms with Crippen molar-refractivity contribution in [3.05, 3.63) is 98.5 Å². The zero-order valence-corrected chi connectivity index (χ0v) is 22.5. The maximum atomic E-state index is 12.8. The van der Waals surface area contributed by atoms with Gasteiger partial charge in [0.1, 0.15) is 5.75 Å². The molecule has 1 amide bonds. The molecule has 2 atom stereocenters. The minimum atomic E-state index is -0.180. The zero-order chi connectivity index (χ0) is 26.2. The number of likely N-dealkylation sites (N-methyl/N-ethyl adjacent to an activating group) is 1. The van der Waals surface area contributed by atoms with Crippen LogP contribution >= 0.6 is 23.2 Å². The summed E-state index contributed by atoms with van der Waals surface area (Å²) in [6, 6.07) is 19.2. The van der Waals surface area contributed by atoms with E-state index >= 15 is 0 Å². The molecule has 0 radical (unpaired) electrons. The number of aliphatic hydroxyl groups excluding tert-OH is 1. The monoisotopic (exact) mass is 528 g/mol. The van der Waals surface area contributed by atoms with E-state index in [2.05, 4.69) is 31.3 Å². The van der Waals surface area contributed by atoms with Crippen LogP contribution in [-0.2, 0) is 30.8 Å². The molecule has 5 nitrogen and oxygen atoms in total. The highest BCUT2D eigenvalue weighted by atomic mass is 35.5. The number of benzene rings is 3. The fourth-order valence-electron chi connectivity index (χ4n) is 4.14. The highest BCUT2D eigenvalue weighted by Gasteiger charge is 2.14. The highest BCUT2D eigenvalue weighted by molar-refractivity contribution is 6.42. The molecule has 0 aliphatic carbocycles. The summed E-state index contributed by atoms with van der Waals surface area (Å²) in [5, 5.41) is 23.7. The standard InChI is InChI=1S/C29H34Cl2N2O3/c1-19(24-8-10-28(35)25(15-24)18-34)16-32-20(2)11-21-5-4-6-22(12-21)14-29(36)33(3)17-23-7-9-26(30)27(31)13-23/h4-10,12-13,15,19-20,32,34-35H,11,14,16-18H2,1-3H3/t19-,20+/m0/s1. The van der Waals surface area contributed by atoms with Crippen LogP contribution in [0.15, 0.2) is 60.7 Å². The maximum Gasteiger partial charge on any atom is 0.227 e. The molecular weight excluding hydrogens is 495 g/mol. The lowest BCUT2D eigenvalue weighted by atomic mass is 9.97. The molecule has 3 aromatic rings. The van der Waals surface area contributed by atoms with Gasteiger partial charge in [-0.05, 0) is 65.8 Å². The number of carbonyl (C=O) groups excluding carboxylic acids is 1. The van der Waals surface area contributed by atoms with Crippen molar-refractivity contribution in [2.45, 2.75) is 51.8 Å². The van der Waals surface area contributed by atoms with Crippen LogP contribution in [0.5, 0.6) is 5.75 Å². The van der Waals surface area contributed by atoms with Crippen molar-refractivity contribution in [1.29, 1.82) is 0 Å². The SMILES string of the molecule is C[C@H](Cc1cccc(CC(=O)N(C)Cc2ccc(Cl)c(Cl)c2)c1)NC[C@H](C)c1ccc(O)c(CO)c1. The van der Waals surface area contributed by atoms with Crippen molar-refractivity contribution >= 4 is 29.1 Å². The van der Waals surface area contributed by atoms with Gasteiger partial charge in [-0.3, -0.25) is 4.79 Å². The smallest absolute Gasteiger partial charge is 0.227 e. The number of nitrogens with one attached hydrogen (secondary N) is 1. The minimum absolute atomic E-state index is 0.0365. The third kappa shape index (κ3) is 7.97. The molecular formula is C29H34Cl2N2O3. The van der Waals surface area contributed by atoms with Crippen LogP contribution < -0.4 is 5.32 Å². The van der Waals surface area contributed by atoms with E-state index in [0.29, 0.717) is 28.6 Å². The number of amides is 1. The molecule has 3 rings (SSSR count). The predicted octanol–water partition coefficient (Wildman–Crippen LogP) is 5.72. The third-order valence-electron chi connectivity index (χ3n) is 6.33. The van der Waals surface area contributed by atoms with Crippen LogP contribution in [0.4, 0.5) is 0 Å². The second-order valence-corrected chi connectivity index (χ2v) is 10.3. The second-order valence-electron chi connectivity index (χ2n) is 9.46. The maximum absolute atomic E-state index is 12.8. The first-order valence-corrected chi connectivity index (χ1v) is 12.8. The number of rotatable bonds is 11. The van der Waals surface area contributed by atoms with E-state index in [1.54, 1.807) is 30.1 Å². The summed E-state index contributed by atoms with van der Waals surface area (Å²) >= 11 is 12.1. The average molecular weight is 530 g/mol. The molecule has 192 valence electrons. The molecule has 7 heteroatoms. The Labute approximate surface area is 223 Å². The van der Waals surface area contributed by atoms with E-state index in [9.17, 15) is 15.0 Å². The second kappa shape index (κ2) is 13.1. The van der Waals surface area contributed by atoms with Gasteiger partial charge in [-0.1, -0.05) is 66.5 Å². The van der Waals surface area contributed by atoms with E-state index in [-0.39, 0.29) is 30.2 Å². The number of phenols is 1. The Morgan fingerprint density at radius 3 is 2.44 bits per heavy atom. The van der Waals surface area contributed by atoms with E-state index < -0.39 is 0 Å². The van der Waals surface area contributed by atoms with Gasteiger partial charge >= 0.3 is 0 Å². The van der Waals surface area contributed by atoms with E-state index in [1.807, 2.05) is 30.3 Å². The van der Waals surface area contributed by atoms with Crippen LogP contribution in [-0.4, -0.2) is 40.7 Å². The molecule has 0 aliphatic rings. The summed E-state index contributed by atoms with van der Waals surface area (Å²) in [7, 11) is 1.79. The van der Waals surface area contributed by atoms with Crippen LogP contribution in [0, 0.1) is 0 Å². The summed E-state index contributed by atoms with van der Waals surface area (Å²) in [4.78, 5) is 14.5. The van der Waals surface area contributed by atoms with E-state index in [1.165, 1.54) is 5.56 Å². The Kier molecular flexibility index (Phi) is 10.2. The molecule has 0 aliphatic heterocycles. The molecule has 0 heterocycles. The summed E-state index contributed by atoms with van der Waals surface area (Å²) in [5.74, 6) is 0.386. The van der Waals surface area contributed by atoms with Gasteiger partial charge in [0.25, 0.3) is 0 Å². The Morgan fingerprint density at radius 1 is 0.972 bits per heavy atom. The van der Waals surface area contributed by atoms with Gasteiger partial charge in [-0.2, -0.15) is 0 Å². The highest BCUT2D eigenvalue weighted by Crippen LogP contribution is 2.24. The molecule has 0 unspecified atom stereocenters. The first-order valence-electron chi connectivity index (χ1n) is 12.1.